The van der Waals surface area contributed by atoms with E-state index in [-0.39, 0.29) is 12.7 Å². The van der Waals surface area contributed by atoms with Crippen LogP contribution in [0.1, 0.15) is 16.1 Å². The van der Waals surface area contributed by atoms with Crippen molar-refractivity contribution in [1.82, 2.24) is 15.5 Å². The Morgan fingerprint density at radius 1 is 1.04 bits per heavy atom. The molecule has 3 aromatic rings. The van der Waals surface area contributed by atoms with Crippen molar-refractivity contribution in [2.75, 3.05) is 6.79 Å². The number of ether oxygens (including phenoxy) is 2. The van der Waals surface area contributed by atoms with E-state index < -0.39 is 0 Å². The molecule has 1 amide bonds. The monoisotopic (exact) mass is 307 g/mol. The van der Waals surface area contributed by atoms with E-state index in [0.29, 0.717) is 18.0 Å². The third-order valence-electron chi connectivity index (χ3n) is 3.62. The van der Waals surface area contributed by atoms with Crippen molar-refractivity contribution in [2.24, 2.45) is 0 Å². The van der Waals surface area contributed by atoms with E-state index in [1.165, 1.54) is 0 Å². The van der Waals surface area contributed by atoms with Gasteiger partial charge < -0.3 is 14.8 Å². The van der Waals surface area contributed by atoms with Gasteiger partial charge in [-0.15, -0.1) is 10.2 Å². The standard InChI is InChI=1S/C17H13N3O3/c21-17(14-8-12-3-1-2-4-13(12)19-20-14)18-9-11-5-6-15-16(7-11)23-10-22-15/h1-8H,9-10H2,(H,18,21). The first-order chi connectivity index (χ1) is 11.3. The molecular formula is C17H13N3O3. The molecule has 6 nitrogen and oxygen atoms in total. The van der Waals surface area contributed by atoms with Crippen LogP contribution in [0, 0.1) is 0 Å². The first-order valence-corrected chi connectivity index (χ1v) is 7.19. The summed E-state index contributed by atoms with van der Waals surface area (Å²) in [6.45, 7) is 0.613. The van der Waals surface area contributed by atoms with E-state index in [2.05, 4.69) is 15.5 Å². The number of rotatable bonds is 3. The Morgan fingerprint density at radius 2 is 1.91 bits per heavy atom. The first-order valence-electron chi connectivity index (χ1n) is 7.19. The van der Waals surface area contributed by atoms with E-state index in [1.54, 1.807) is 6.07 Å². The molecule has 1 aromatic heterocycles. The number of nitrogens with one attached hydrogen (secondary N) is 1. The van der Waals surface area contributed by atoms with Crippen molar-refractivity contribution < 1.29 is 14.3 Å². The molecule has 0 unspecified atom stereocenters. The van der Waals surface area contributed by atoms with Gasteiger partial charge in [0.2, 0.25) is 6.79 Å². The number of carbonyl (C=O) groups is 1. The highest BCUT2D eigenvalue weighted by molar-refractivity contribution is 5.95. The number of aromatic nitrogens is 2. The second kappa shape index (κ2) is 5.57. The molecule has 0 saturated carbocycles. The topological polar surface area (TPSA) is 73.3 Å². The van der Waals surface area contributed by atoms with Crippen molar-refractivity contribution in [2.45, 2.75) is 6.54 Å². The van der Waals surface area contributed by atoms with E-state index in [0.717, 1.165) is 22.2 Å². The van der Waals surface area contributed by atoms with Crippen LogP contribution in [0.2, 0.25) is 0 Å². The van der Waals surface area contributed by atoms with Gasteiger partial charge in [0, 0.05) is 11.9 Å². The molecule has 0 spiro atoms. The molecule has 0 saturated heterocycles. The number of hydrogen-bond acceptors (Lipinski definition) is 5. The molecule has 0 radical (unpaired) electrons. The Hall–Kier alpha value is -3.15. The quantitative estimate of drug-likeness (QED) is 0.803. The van der Waals surface area contributed by atoms with Crippen molar-refractivity contribution >= 4 is 16.8 Å². The summed E-state index contributed by atoms with van der Waals surface area (Å²) in [5.41, 5.74) is 1.99. The van der Waals surface area contributed by atoms with Crippen LogP contribution >= 0.6 is 0 Å². The summed E-state index contributed by atoms with van der Waals surface area (Å²) in [7, 11) is 0. The predicted molar refractivity (Wildman–Crippen MR) is 83.3 cm³/mol. The van der Waals surface area contributed by atoms with Gasteiger partial charge in [-0.1, -0.05) is 24.3 Å². The van der Waals surface area contributed by atoms with Crippen molar-refractivity contribution in [3.63, 3.8) is 0 Å². The summed E-state index contributed by atoms with van der Waals surface area (Å²) in [5.74, 6) is 1.16. The van der Waals surface area contributed by atoms with Crippen molar-refractivity contribution in [3.8, 4) is 11.5 Å². The molecule has 1 aliphatic heterocycles. The molecule has 2 heterocycles. The lowest BCUT2D eigenvalue weighted by Gasteiger charge is -2.06. The summed E-state index contributed by atoms with van der Waals surface area (Å²) < 4.78 is 10.6. The molecule has 114 valence electrons. The maximum atomic E-state index is 12.2. The SMILES string of the molecule is O=C(NCc1ccc2c(c1)OCO2)c1cc2ccccc2nn1. The van der Waals surface area contributed by atoms with Crippen LogP contribution in [0.3, 0.4) is 0 Å². The van der Waals surface area contributed by atoms with Crippen molar-refractivity contribution in [1.29, 1.82) is 0 Å². The second-order valence-corrected chi connectivity index (χ2v) is 5.16. The van der Waals surface area contributed by atoms with Gasteiger partial charge in [0.25, 0.3) is 5.91 Å². The summed E-state index contributed by atoms with van der Waals surface area (Å²) in [6.07, 6.45) is 0. The fraction of sp³-hybridized carbons (Fsp3) is 0.118. The van der Waals surface area contributed by atoms with Crippen LogP contribution in [-0.4, -0.2) is 22.9 Å². The Morgan fingerprint density at radius 3 is 2.87 bits per heavy atom. The second-order valence-electron chi connectivity index (χ2n) is 5.16. The lowest BCUT2D eigenvalue weighted by Crippen LogP contribution is -2.24. The average molecular weight is 307 g/mol. The minimum absolute atomic E-state index is 0.234. The average Bonchev–Trinajstić information content (AvgIpc) is 3.07. The Bertz CT molecular complexity index is 895. The number of hydrogen-bond donors (Lipinski definition) is 1. The van der Waals surface area contributed by atoms with Gasteiger partial charge in [-0.3, -0.25) is 4.79 Å². The molecule has 1 N–H and O–H groups in total. The molecule has 1 aliphatic rings. The van der Waals surface area contributed by atoms with E-state index >= 15 is 0 Å². The largest absolute Gasteiger partial charge is 0.454 e. The lowest BCUT2D eigenvalue weighted by atomic mass is 10.2. The molecule has 0 bridgehead atoms. The summed E-state index contributed by atoms with van der Waals surface area (Å²) >= 11 is 0. The lowest BCUT2D eigenvalue weighted by molar-refractivity contribution is 0.0945. The molecular weight excluding hydrogens is 294 g/mol. The smallest absolute Gasteiger partial charge is 0.272 e. The third-order valence-corrected chi connectivity index (χ3v) is 3.62. The Labute approximate surface area is 132 Å². The van der Waals surface area contributed by atoms with E-state index in [4.69, 9.17) is 9.47 Å². The normalized spacial score (nSPS) is 12.3. The third kappa shape index (κ3) is 2.66. The van der Waals surface area contributed by atoms with Crippen LogP contribution in [-0.2, 0) is 6.54 Å². The van der Waals surface area contributed by atoms with Gasteiger partial charge >= 0.3 is 0 Å². The molecule has 0 atom stereocenters. The van der Waals surface area contributed by atoms with E-state index in [9.17, 15) is 4.79 Å². The summed E-state index contributed by atoms with van der Waals surface area (Å²) in [4.78, 5) is 12.2. The van der Waals surface area contributed by atoms with Gasteiger partial charge in [-0.25, -0.2) is 0 Å². The summed E-state index contributed by atoms with van der Waals surface area (Å²) in [6, 6.07) is 14.9. The number of nitrogens with zero attached hydrogens (tertiary/aromatic N) is 2. The van der Waals surface area contributed by atoms with Crippen LogP contribution in [0.15, 0.2) is 48.5 Å². The zero-order valence-electron chi connectivity index (χ0n) is 12.2. The highest BCUT2D eigenvalue weighted by Gasteiger charge is 2.14. The highest BCUT2D eigenvalue weighted by Crippen LogP contribution is 2.32. The number of fused-ring (bicyclic) bond motifs is 2. The van der Waals surface area contributed by atoms with Crippen LogP contribution in [0.25, 0.3) is 10.9 Å². The maximum Gasteiger partial charge on any atom is 0.272 e. The number of benzene rings is 2. The minimum Gasteiger partial charge on any atom is -0.454 e. The first kappa shape index (κ1) is 13.5. The minimum atomic E-state index is -0.263. The Kier molecular flexibility index (Phi) is 3.27. The highest BCUT2D eigenvalue weighted by atomic mass is 16.7. The van der Waals surface area contributed by atoms with Crippen molar-refractivity contribution in [3.05, 3.63) is 59.8 Å². The molecule has 4 rings (SSSR count). The van der Waals surface area contributed by atoms with Crippen LogP contribution in [0.5, 0.6) is 11.5 Å². The maximum absolute atomic E-state index is 12.2. The predicted octanol–water partition coefficient (Wildman–Crippen LogP) is 2.29. The van der Waals surface area contributed by atoms with E-state index in [1.807, 2.05) is 42.5 Å². The zero-order chi connectivity index (χ0) is 15.6. The number of carbonyl (C=O) groups excluding carboxylic acids is 1. The fourth-order valence-corrected chi connectivity index (χ4v) is 2.42. The Balaban J connectivity index is 1.48. The molecule has 0 fully saturated rings. The van der Waals surface area contributed by atoms with Crippen LogP contribution < -0.4 is 14.8 Å². The van der Waals surface area contributed by atoms with Crippen LogP contribution in [0.4, 0.5) is 0 Å². The molecule has 6 heteroatoms. The van der Waals surface area contributed by atoms with Gasteiger partial charge in [-0.2, -0.15) is 0 Å². The molecule has 2 aromatic carbocycles. The molecule has 23 heavy (non-hydrogen) atoms. The fourth-order valence-electron chi connectivity index (χ4n) is 2.42. The van der Waals surface area contributed by atoms with Gasteiger partial charge in [0.05, 0.1) is 5.52 Å². The summed E-state index contributed by atoms with van der Waals surface area (Å²) in [5, 5.41) is 11.7. The van der Waals surface area contributed by atoms with Gasteiger partial charge in [0.1, 0.15) is 0 Å². The zero-order valence-corrected chi connectivity index (χ0v) is 12.2. The number of amides is 1. The van der Waals surface area contributed by atoms with Gasteiger partial charge in [-0.05, 0) is 29.8 Å². The van der Waals surface area contributed by atoms with Gasteiger partial charge in [0.15, 0.2) is 17.2 Å². The molecule has 0 aliphatic carbocycles.